The van der Waals surface area contributed by atoms with Crippen LogP contribution in [0.5, 0.6) is 0 Å². The molecule has 0 spiro atoms. The highest BCUT2D eigenvalue weighted by molar-refractivity contribution is 6.08. The van der Waals surface area contributed by atoms with E-state index in [2.05, 4.69) is 36.3 Å². The molecule has 4 nitrogen and oxygen atoms in total. The molecule has 3 aromatic rings. The summed E-state index contributed by atoms with van der Waals surface area (Å²) in [6.45, 7) is 6.46. The number of anilines is 1. The van der Waals surface area contributed by atoms with Crippen molar-refractivity contribution >= 4 is 22.5 Å². The van der Waals surface area contributed by atoms with E-state index in [1.165, 1.54) is 5.56 Å². The van der Waals surface area contributed by atoms with Crippen molar-refractivity contribution in [3.05, 3.63) is 59.8 Å². The summed E-state index contributed by atoms with van der Waals surface area (Å²) in [4.78, 5) is 12.4. The number of aromatic nitrogens is 2. The van der Waals surface area contributed by atoms with E-state index in [0.717, 1.165) is 16.6 Å². The van der Waals surface area contributed by atoms with Gasteiger partial charge in [-0.15, -0.1) is 0 Å². The maximum atomic E-state index is 12.4. The molecule has 0 aliphatic carbocycles. The van der Waals surface area contributed by atoms with Crippen LogP contribution in [0.15, 0.2) is 48.7 Å². The summed E-state index contributed by atoms with van der Waals surface area (Å²) in [5, 5.41) is 10.8. The van der Waals surface area contributed by atoms with Gasteiger partial charge in [0, 0.05) is 10.9 Å². The van der Waals surface area contributed by atoms with Crippen LogP contribution in [0.4, 0.5) is 5.69 Å². The minimum atomic E-state index is -0.123. The van der Waals surface area contributed by atoms with Gasteiger partial charge in [-0.3, -0.25) is 9.89 Å². The number of para-hydroxylation sites is 1. The monoisotopic (exact) mass is 293 g/mol. The van der Waals surface area contributed by atoms with Crippen LogP contribution in [0.3, 0.4) is 0 Å². The molecule has 22 heavy (non-hydrogen) atoms. The van der Waals surface area contributed by atoms with Crippen molar-refractivity contribution in [1.82, 2.24) is 10.2 Å². The van der Waals surface area contributed by atoms with Gasteiger partial charge in [0.15, 0.2) is 0 Å². The third kappa shape index (κ3) is 2.72. The molecule has 0 aliphatic rings. The molecule has 0 radical (unpaired) electrons. The van der Waals surface area contributed by atoms with Crippen molar-refractivity contribution in [2.24, 2.45) is 0 Å². The predicted molar refractivity (Wildman–Crippen MR) is 89.2 cm³/mol. The number of carbonyl (C=O) groups is 1. The lowest BCUT2D eigenvalue weighted by Crippen LogP contribution is -2.14. The molecule has 0 fully saturated rings. The largest absolute Gasteiger partial charge is 0.320 e. The van der Waals surface area contributed by atoms with E-state index >= 15 is 0 Å². The summed E-state index contributed by atoms with van der Waals surface area (Å²) in [5.74, 6) is -0.123. The van der Waals surface area contributed by atoms with Gasteiger partial charge in [-0.1, -0.05) is 45.0 Å². The molecule has 0 bridgehead atoms. The van der Waals surface area contributed by atoms with Crippen molar-refractivity contribution < 1.29 is 4.79 Å². The number of H-pyrrole nitrogens is 1. The normalized spacial score (nSPS) is 11.6. The molecule has 1 heterocycles. The molecular formula is C18H19N3O. The Bertz CT molecular complexity index is 810. The van der Waals surface area contributed by atoms with Crippen LogP contribution in [-0.4, -0.2) is 16.1 Å². The number of nitrogens with zero attached hydrogens (tertiary/aromatic N) is 1. The van der Waals surface area contributed by atoms with Gasteiger partial charge in [-0.25, -0.2) is 0 Å². The summed E-state index contributed by atoms with van der Waals surface area (Å²) in [6, 6.07) is 13.5. The minimum Gasteiger partial charge on any atom is -0.320 e. The van der Waals surface area contributed by atoms with Crippen LogP contribution in [0.2, 0.25) is 0 Å². The predicted octanol–water partition coefficient (Wildman–Crippen LogP) is 4.11. The fourth-order valence-electron chi connectivity index (χ4n) is 2.39. The van der Waals surface area contributed by atoms with E-state index in [9.17, 15) is 4.79 Å². The molecule has 2 N–H and O–H groups in total. The summed E-state index contributed by atoms with van der Waals surface area (Å²) in [5.41, 5.74) is 3.50. The van der Waals surface area contributed by atoms with Gasteiger partial charge in [0.2, 0.25) is 0 Å². The quantitative estimate of drug-likeness (QED) is 0.747. The highest BCUT2D eigenvalue weighted by Crippen LogP contribution is 2.24. The molecule has 0 atom stereocenters. The van der Waals surface area contributed by atoms with Crippen LogP contribution in [0.25, 0.3) is 10.9 Å². The molecule has 0 aliphatic heterocycles. The standard InChI is InChI=1S/C18H19N3O/c1-18(2,3)14-9-7-12(8-10-14)17(22)20-15-6-4-5-13-11-19-21-16(13)15/h4-11H,1-3H3,(H,19,21)(H,20,22). The first-order valence-corrected chi connectivity index (χ1v) is 7.29. The van der Waals surface area contributed by atoms with Gasteiger partial charge < -0.3 is 5.32 Å². The Morgan fingerprint density at radius 2 is 1.82 bits per heavy atom. The first-order valence-electron chi connectivity index (χ1n) is 7.29. The van der Waals surface area contributed by atoms with Gasteiger partial charge >= 0.3 is 0 Å². The van der Waals surface area contributed by atoms with E-state index in [4.69, 9.17) is 0 Å². The fourth-order valence-corrected chi connectivity index (χ4v) is 2.39. The Hall–Kier alpha value is -2.62. The molecule has 0 unspecified atom stereocenters. The first-order chi connectivity index (χ1) is 10.4. The first kappa shape index (κ1) is 14.3. The Balaban J connectivity index is 1.84. The van der Waals surface area contributed by atoms with Gasteiger partial charge in [-0.05, 0) is 29.2 Å². The molecular weight excluding hydrogens is 274 g/mol. The highest BCUT2D eigenvalue weighted by Gasteiger charge is 2.14. The lowest BCUT2D eigenvalue weighted by Gasteiger charge is -2.19. The van der Waals surface area contributed by atoms with Crippen molar-refractivity contribution in [3.63, 3.8) is 0 Å². The topological polar surface area (TPSA) is 57.8 Å². The zero-order valence-corrected chi connectivity index (χ0v) is 13.0. The van der Waals surface area contributed by atoms with E-state index in [1.54, 1.807) is 6.20 Å². The second-order valence-corrected chi connectivity index (χ2v) is 6.42. The average molecular weight is 293 g/mol. The highest BCUT2D eigenvalue weighted by atomic mass is 16.1. The van der Waals surface area contributed by atoms with Gasteiger partial charge in [0.25, 0.3) is 5.91 Å². The smallest absolute Gasteiger partial charge is 0.255 e. The zero-order valence-electron chi connectivity index (χ0n) is 13.0. The summed E-state index contributed by atoms with van der Waals surface area (Å²) >= 11 is 0. The van der Waals surface area contributed by atoms with Crippen LogP contribution >= 0.6 is 0 Å². The second-order valence-electron chi connectivity index (χ2n) is 6.42. The summed E-state index contributed by atoms with van der Waals surface area (Å²) in [7, 11) is 0. The lowest BCUT2D eigenvalue weighted by atomic mass is 9.87. The van der Waals surface area contributed by atoms with Gasteiger partial charge in [-0.2, -0.15) is 5.10 Å². The molecule has 3 rings (SSSR count). The minimum absolute atomic E-state index is 0.0799. The van der Waals surface area contributed by atoms with Crippen LogP contribution in [0.1, 0.15) is 36.7 Å². The summed E-state index contributed by atoms with van der Waals surface area (Å²) in [6.07, 6.45) is 1.74. The molecule has 0 saturated carbocycles. The third-order valence-electron chi connectivity index (χ3n) is 3.74. The maximum Gasteiger partial charge on any atom is 0.255 e. The maximum absolute atomic E-state index is 12.4. The number of carbonyl (C=O) groups excluding carboxylic acids is 1. The van der Waals surface area contributed by atoms with Gasteiger partial charge in [0.1, 0.15) is 0 Å². The fraction of sp³-hybridized carbons (Fsp3) is 0.222. The average Bonchev–Trinajstić information content (AvgIpc) is 2.96. The molecule has 1 amide bonds. The number of hydrogen-bond donors (Lipinski definition) is 2. The Morgan fingerprint density at radius 1 is 1.09 bits per heavy atom. The molecule has 1 aromatic heterocycles. The molecule has 2 aromatic carbocycles. The van der Waals surface area contributed by atoms with Crippen molar-refractivity contribution in [3.8, 4) is 0 Å². The Morgan fingerprint density at radius 3 is 2.50 bits per heavy atom. The van der Waals surface area contributed by atoms with Gasteiger partial charge in [0.05, 0.1) is 17.4 Å². The second kappa shape index (κ2) is 5.30. The van der Waals surface area contributed by atoms with E-state index in [1.807, 2.05) is 42.5 Å². The SMILES string of the molecule is CC(C)(C)c1ccc(C(=O)Nc2cccc3cn[nH]c23)cc1. The van der Waals surface area contributed by atoms with Crippen molar-refractivity contribution in [2.45, 2.75) is 26.2 Å². The van der Waals surface area contributed by atoms with E-state index in [-0.39, 0.29) is 11.3 Å². The number of benzene rings is 2. The molecule has 0 saturated heterocycles. The van der Waals surface area contributed by atoms with Crippen LogP contribution in [-0.2, 0) is 5.41 Å². The lowest BCUT2D eigenvalue weighted by molar-refractivity contribution is 0.102. The number of hydrogen-bond acceptors (Lipinski definition) is 2. The van der Waals surface area contributed by atoms with Crippen LogP contribution < -0.4 is 5.32 Å². The number of aromatic amines is 1. The summed E-state index contributed by atoms with van der Waals surface area (Å²) < 4.78 is 0. The number of rotatable bonds is 2. The number of amides is 1. The Labute approximate surface area is 129 Å². The third-order valence-corrected chi connectivity index (χ3v) is 3.74. The molecule has 112 valence electrons. The molecule has 4 heteroatoms. The van der Waals surface area contributed by atoms with Crippen LogP contribution in [0, 0.1) is 0 Å². The van der Waals surface area contributed by atoms with Crippen molar-refractivity contribution in [1.29, 1.82) is 0 Å². The number of nitrogens with one attached hydrogen (secondary N) is 2. The Kier molecular flexibility index (Phi) is 3.45. The van der Waals surface area contributed by atoms with Crippen molar-refractivity contribution in [2.75, 3.05) is 5.32 Å². The number of fused-ring (bicyclic) bond motifs is 1. The van der Waals surface area contributed by atoms with E-state index < -0.39 is 0 Å². The van der Waals surface area contributed by atoms with E-state index in [0.29, 0.717) is 5.56 Å². The zero-order chi connectivity index (χ0) is 15.7.